The Morgan fingerprint density at radius 1 is 1.39 bits per heavy atom. The molecule has 0 bridgehead atoms. The van der Waals surface area contributed by atoms with Gasteiger partial charge in [0.15, 0.2) is 0 Å². The molecular formula is C12H9BrClN3S. The summed E-state index contributed by atoms with van der Waals surface area (Å²) < 4.78 is 0.902. The van der Waals surface area contributed by atoms with Crippen molar-refractivity contribution < 1.29 is 0 Å². The monoisotopic (exact) mass is 341 g/mol. The summed E-state index contributed by atoms with van der Waals surface area (Å²) in [5, 5.41) is 8.95. The van der Waals surface area contributed by atoms with Crippen molar-refractivity contribution in [2.24, 2.45) is 5.73 Å². The number of amidine groups is 1. The quantitative estimate of drug-likeness (QED) is 0.656. The minimum Gasteiger partial charge on any atom is -0.384 e. The second kappa shape index (κ2) is 5.73. The van der Waals surface area contributed by atoms with Crippen molar-refractivity contribution in [2.45, 2.75) is 9.92 Å². The molecule has 0 unspecified atom stereocenters. The van der Waals surface area contributed by atoms with Crippen molar-refractivity contribution >= 4 is 45.1 Å². The first kappa shape index (κ1) is 13.4. The molecule has 2 aromatic rings. The fourth-order valence-electron chi connectivity index (χ4n) is 1.35. The standard InChI is InChI=1S/C12H9BrClN3S/c13-9-2-1-5-17-12(9)18-10-4-3-7(14)6-8(10)11(15)16/h1-6H,(H3,15,16). The normalized spacial score (nSPS) is 10.3. The van der Waals surface area contributed by atoms with Gasteiger partial charge in [-0.2, -0.15) is 0 Å². The van der Waals surface area contributed by atoms with Crippen LogP contribution in [0.5, 0.6) is 0 Å². The smallest absolute Gasteiger partial charge is 0.123 e. The first-order valence-electron chi connectivity index (χ1n) is 5.00. The van der Waals surface area contributed by atoms with Gasteiger partial charge in [-0.1, -0.05) is 23.4 Å². The molecule has 0 aliphatic carbocycles. The average Bonchev–Trinajstić information content (AvgIpc) is 2.34. The number of hydrogen-bond donors (Lipinski definition) is 2. The van der Waals surface area contributed by atoms with Crippen molar-refractivity contribution in [1.29, 1.82) is 5.41 Å². The zero-order valence-electron chi connectivity index (χ0n) is 9.15. The van der Waals surface area contributed by atoms with Crippen molar-refractivity contribution in [2.75, 3.05) is 0 Å². The summed E-state index contributed by atoms with van der Waals surface area (Å²) in [6.45, 7) is 0. The second-order valence-corrected chi connectivity index (χ2v) is 5.77. The third kappa shape index (κ3) is 3.04. The molecule has 1 aromatic heterocycles. The summed E-state index contributed by atoms with van der Waals surface area (Å²) in [5.74, 6) is -0.00736. The molecule has 92 valence electrons. The van der Waals surface area contributed by atoms with Crippen molar-refractivity contribution in [3.05, 3.63) is 51.6 Å². The molecule has 0 atom stereocenters. The Labute approximate surface area is 122 Å². The lowest BCUT2D eigenvalue weighted by atomic mass is 10.2. The van der Waals surface area contributed by atoms with Gasteiger partial charge >= 0.3 is 0 Å². The Morgan fingerprint density at radius 2 is 2.17 bits per heavy atom. The Bertz CT molecular complexity index is 604. The van der Waals surface area contributed by atoms with Gasteiger partial charge in [0.05, 0.1) is 4.47 Å². The number of aromatic nitrogens is 1. The molecule has 2 rings (SSSR count). The van der Waals surface area contributed by atoms with Gasteiger partial charge in [0.25, 0.3) is 0 Å². The van der Waals surface area contributed by atoms with Gasteiger partial charge in [-0.3, -0.25) is 5.41 Å². The van der Waals surface area contributed by atoms with Gasteiger partial charge in [0.1, 0.15) is 10.9 Å². The highest BCUT2D eigenvalue weighted by atomic mass is 79.9. The number of nitrogens with one attached hydrogen (secondary N) is 1. The molecule has 0 saturated carbocycles. The zero-order chi connectivity index (χ0) is 13.1. The van der Waals surface area contributed by atoms with Gasteiger partial charge in [-0.15, -0.1) is 0 Å². The van der Waals surface area contributed by atoms with E-state index >= 15 is 0 Å². The van der Waals surface area contributed by atoms with Crippen LogP contribution >= 0.6 is 39.3 Å². The Kier molecular flexibility index (Phi) is 4.27. The molecule has 18 heavy (non-hydrogen) atoms. The molecule has 0 radical (unpaired) electrons. The molecule has 0 aliphatic rings. The lowest BCUT2D eigenvalue weighted by molar-refractivity contribution is 1.11. The van der Waals surface area contributed by atoms with Crippen LogP contribution in [0.1, 0.15) is 5.56 Å². The number of nitrogen functional groups attached to an aromatic ring is 1. The lowest BCUT2D eigenvalue weighted by Gasteiger charge is -2.08. The summed E-state index contributed by atoms with van der Waals surface area (Å²) in [6, 6.07) is 9.06. The zero-order valence-corrected chi connectivity index (χ0v) is 12.3. The van der Waals surface area contributed by atoms with Gasteiger partial charge in [-0.25, -0.2) is 4.98 Å². The number of nitrogens with two attached hydrogens (primary N) is 1. The molecule has 3 nitrogen and oxygen atoms in total. The number of nitrogens with zero attached hydrogens (tertiary/aromatic N) is 1. The minimum atomic E-state index is -0.00736. The Balaban J connectivity index is 2.41. The highest BCUT2D eigenvalue weighted by Crippen LogP contribution is 2.34. The van der Waals surface area contributed by atoms with E-state index in [4.69, 9.17) is 22.7 Å². The maximum absolute atomic E-state index is 7.57. The number of rotatable bonds is 3. The van der Waals surface area contributed by atoms with Gasteiger partial charge < -0.3 is 5.73 Å². The number of hydrogen-bond acceptors (Lipinski definition) is 3. The summed E-state index contributed by atoms with van der Waals surface area (Å²) in [7, 11) is 0. The fraction of sp³-hybridized carbons (Fsp3) is 0. The fourth-order valence-corrected chi connectivity index (χ4v) is 2.92. The summed E-state index contributed by atoms with van der Waals surface area (Å²) in [6.07, 6.45) is 1.72. The summed E-state index contributed by atoms with van der Waals surface area (Å²) >= 11 is 10.8. The third-order valence-electron chi connectivity index (χ3n) is 2.16. The first-order valence-corrected chi connectivity index (χ1v) is 6.99. The van der Waals surface area contributed by atoms with Crippen LogP contribution in [-0.4, -0.2) is 10.8 Å². The van der Waals surface area contributed by atoms with Crippen molar-refractivity contribution in [3.8, 4) is 0 Å². The highest BCUT2D eigenvalue weighted by Gasteiger charge is 2.10. The predicted octanol–water partition coefficient (Wildman–Crippen LogP) is 3.93. The topological polar surface area (TPSA) is 62.8 Å². The minimum absolute atomic E-state index is 0.00736. The van der Waals surface area contributed by atoms with Crippen LogP contribution in [0, 0.1) is 5.41 Å². The summed E-state index contributed by atoms with van der Waals surface area (Å²) in [4.78, 5) is 5.12. The highest BCUT2D eigenvalue weighted by molar-refractivity contribution is 9.10. The van der Waals surface area contributed by atoms with Crippen molar-refractivity contribution in [3.63, 3.8) is 0 Å². The van der Waals surface area contributed by atoms with E-state index in [9.17, 15) is 0 Å². The van der Waals surface area contributed by atoms with E-state index in [-0.39, 0.29) is 5.84 Å². The van der Waals surface area contributed by atoms with E-state index in [1.807, 2.05) is 18.2 Å². The van der Waals surface area contributed by atoms with Crippen LogP contribution < -0.4 is 5.73 Å². The van der Waals surface area contributed by atoms with E-state index in [0.717, 1.165) is 14.4 Å². The SMILES string of the molecule is N=C(N)c1cc(Cl)ccc1Sc1ncccc1Br. The van der Waals surface area contributed by atoms with Crippen LogP contribution in [0.15, 0.2) is 50.9 Å². The van der Waals surface area contributed by atoms with E-state index in [1.54, 1.807) is 18.3 Å². The predicted molar refractivity (Wildman–Crippen MR) is 78.5 cm³/mol. The van der Waals surface area contributed by atoms with Crippen molar-refractivity contribution in [1.82, 2.24) is 4.98 Å². The number of benzene rings is 1. The molecular weight excluding hydrogens is 334 g/mol. The molecule has 0 saturated heterocycles. The summed E-state index contributed by atoms with van der Waals surface area (Å²) in [5.41, 5.74) is 6.17. The Hall–Kier alpha value is -1.04. The maximum Gasteiger partial charge on any atom is 0.123 e. The van der Waals surface area contributed by atoms with E-state index < -0.39 is 0 Å². The molecule has 1 heterocycles. The second-order valence-electron chi connectivity index (χ2n) is 3.45. The largest absolute Gasteiger partial charge is 0.384 e. The molecule has 6 heteroatoms. The third-order valence-corrected chi connectivity index (χ3v) is 4.40. The van der Waals surface area contributed by atoms with Crippen LogP contribution in [0.4, 0.5) is 0 Å². The first-order chi connectivity index (χ1) is 8.58. The molecule has 3 N–H and O–H groups in total. The van der Waals surface area contributed by atoms with Crippen LogP contribution in [0.25, 0.3) is 0 Å². The van der Waals surface area contributed by atoms with Crippen LogP contribution in [-0.2, 0) is 0 Å². The van der Waals surface area contributed by atoms with E-state index in [1.165, 1.54) is 11.8 Å². The molecule has 0 aliphatic heterocycles. The van der Waals surface area contributed by atoms with Crippen LogP contribution in [0.3, 0.4) is 0 Å². The molecule has 0 amide bonds. The molecule has 0 spiro atoms. The molecule has 1 aromatic carbocycles. The lowest BCUT2D eigenvalue weighted by Crippen LogP contribution is -2.12. The number of halogens is 2. The van der Waals surface area contributed by atoms with E-state index in [0.29, 0.717) is 10.6 Å². The van der Waals surface area contributed by atoms with Gasteiger partial charge in [-0.05, 0) is 46.3 Å². The molecule has 0 fully saturated rings. The Morgan fingerprint density at radius 3 is 2.83 bits per heavy atom. The maximum atomic E-state index is 7.57. The number of pyridine rings is 1. The van der Waals surface area contributed by atoms with Gasteiger partial charge in [0.2, 0.25) is 0 Å². The van der Waals surface area contributed by atoms with E-state index in [2.05, 4.69) is 20.9 Å². The van der Waals surface area contributed by atoms with Gasteiger partial charge in [0, 0.05) is 21.7 Å². The van der Waals surface area contributed by atoms with Crippen LogP contribution in [0.2, 0.25) is 5.02 Å². The average molecular weight is 343 g/mol.